The van der Waals surface area contributed by atoms with Crippen molar-refractivity contribution in [2.24, 2.45) is 5.92 Å². The molecule has 1 saturated heterocycles. The van der Waals surface area contributed by atoms with E-state index < -0.39 is 0 Å². The van der Waals surface area contributed by atoms with E-state index in [1.165, 1.54) is 0 Å². The Bertz CT molecular complexity index is 259. The zero-order chi connectivity index (χ0) is 12.8. The summed E-state index contributed by atoms with van der Waals surface area (Å²) in [5.41, 5.74) is 0. The number of nitrogens with one attached hydrogen (secondary N) is 1. The highest BCUT2D eigenvalue weighted by molar-refractivity contribution is 4.92. The van der Waals surface area contributed by atoms with Crippen LogP contribution >= 0.6 is 0 Å². The van der Waals surface area contributed by atoms with Crippen LogP contribution in [0.15, 0.2) is 0 Å². The van der Waals surface area contributed by atoms with E-state index in [1.807, 2.05) is 6.92 Å². The van der Waals surface area contributed by atoms with Crippen molar-refractivity contribution in [3.8, 4) is 6.07 Å². The van der Waals surface area contributed by atoms with Crippen molar-refractivity contribution in [3.63, 3.8) is 0 Å². The fraction of sp³-hybridized carbons (Fsp3) is 0.923. The van der Waals surface area contributed by atoms with Crippen molar-refractivity contribution in [1.29, 1.82) is 5.26 Å². The van der Waals surface area contributed by atoms with Crippen molar-refractivity contribution in [2.75, 3.05) is 40.3 Å². The SMILES string of the molecule is CCNC(C#N)CCN1CC(C)C(N(C)C)C1. The molecule has 0 aromatic carbocycles. The summed E-state index contributed by atoms with van der Waals surface area (Å²) >= 11 is 0. The largest absolute Gasteiger partial charge is 0.305 e. The van der Waals surface area contributed by atoms with E-state index in [1.54, 1.807) is 0 Å². The van der Waals surface area contributed by atoms with E-state index in [4.69, 9.17) is 5.26 Å². The molecule has 17 heavy (non-hydrogen) atoms. The average molecular weight is 238 g/mol. The van der Waals surface area contributed by atoms with Gasteiger partial charge in [-0.25, -0.2) is 0 Å². The minimum absolute atomic E-state index is 0.00807. The zero-order valence-electron chi connectivity index (χ0n) is 11.6. The van der Waals surface area contributed by atoms with Gasteiger partial charge in [-0.15, -0.1) is 0 Å². The molecule has 98 valence electrons. The van der Waals surface area contributed by atoms with Crippen molar-refractivity contribution in [3.05, 3.63) is 0 Å². The molecule has 0 amide bonds. The Morgan fingerprint density at radius 3 is 2.65 bits per heavy atom. The number of likely N-dealkylation sites (tertiary alicyclic amines) is 1. The number of nitriles is 1. The van der Waals surface area contributed by atoms with Crippen molar-refractivity contribution < 1.29 is 0 Å². The number of hydrogen-bond donors (Lipinski definition) is 1. The van der Waals surface area contributed by atoms with Crippen molar-refractivity contribution >= 4 is 0 Å². The Labute approximate surface area is 106 Å². The smallest absolute Gasteiger partial charge is 0.0965 e. The van der Waals surface area contributed by atoms with Gasteiger partial charge in [0, 0.05) is 25.7 Å². The standard InChI is InChI=1S/C13H26N4/c1-5-15-12(8-14)6-7-17-9-11(2)13(10-17)16(3)4/h11-13,15H,5-7,9-10H2,1-4H3. The Balaban J connectivity index is 2.32. The van der Waals surface area contributed by atoms with Gasteiger partial charge in [0.2, 0.25) is 0 Å². The molecule has 1 fully saturated rings. The molecule has 1 rings (SSSR count). The van der Waals surface area contributed by atoms with E-state index >= 15 is 0 Å². The van der Waals surface area contributed by atoms with E-state index in [2.05, 4.69) is 42.2 Å². The van der Waals surface area contributed by atoms with Gasteiger partial charge in [0.1, 0.15) is 0 Å². The molecule has 1 N–H and O–H groups in total. The lowest BCUT2D eigenvalue weighted by atomic mass is 10.1. The maximum atomic E-state index is 8.98. The third-order valence-electron chi connectivity index (χ3n) is 3.65. The molecule has 4 nitrogen and oxygen atoms in total. The first-order chi connectivity index (χ1) is 8.08. The van der Waals surface area contributed by atoms with Crippen LogP contribution in [-0.4, -0.2) is 62.2 Å². The lowest BCUT2D eigenvalue weighted by Gasteiger charge is -2.22. The molecule has 0 aromatic heterocycles. The normalized spacial score (nSPS) is 27.3. The Morgan fingerprint density at radius 1 is 1.47 bits per heavy atom. The van der Waals surface area contributed by atoms with Crippen LogP contribution in [0.25, 0.3) is 0 Å². The minimum atomic E-state index is 0.00807. The van der Waals surface area contributed by atoms with Crippen molar-refractivity contribution in [1.82, 2.24) is 15.1 Å². The summed E-state index contributed by atoms with van der Waals surface area (Å²) in [4.78, 5) is 4.80. The summed E-state index contributed by atoms with van der Waals surface area (Å²) < 4.78 is 0. The Morgan fingerprint density at radius 2 is 2.18 bits per heavy atom. The van der Waals surface area contributed by atoms with Gasteiger partial charge in [0.15, 0.2) is 0 Å². The van der Waals surface area contributed by atoms with Gasteiger partial charge < -0.3 is 15.1 Å². The monoisotopic (exact) mass is 238 g/mol. The fourth-order valence-corrected chi connectivity index (χ4v) is 2.67. The molecule has 1 aliphatic rings. The van der Waals surface area contributed by atoms with E-state index in [-0.39, 0.29) is 6.04 Å². The zero-order valence-corrected chi connectivity index (χ0v) is 11.6. The van der Waals surface area contributed by atoms with E-state index in [9.17, 15) is 0 Å². The minimum Gasteiger partial charge on any atom is -0.305 e. The molecule has 1 aliphatic heterocycles. The second kappa shape index (κ2) is 6.95. The Kier molecular flexibility index (Phi) is 5.90. The lowest BCUT2D eigenvalue weighted by molar-refractivity contribution is 0.250. The van der Waals surface area contributed by atoms with Crippen LogP contribution in [-0.2, 0) is 0 Å². The number of rotatable bonds is 6. The average Bonchev–Trinajstić information content (AvgIpc) is 2.66. The van der Waals surface area contributed by atoms with Gasteiger partial charge in [-0.1, -0.05) is 13.8 Å². The van der Waals surface area contributed by atoms with Crippen LogP contribution in [0.2, 0.25) is 0 Å². The molecular formula is C13H26N4. The van der Waals surface area contributed by atoms with Crippen LogP contribution in [0, 0.1) is 17.2 Å². The van der Waals surface area contributed by atoms with Gasteiger partial charge in [0.05, 0.1) is 12.1 Å². The summed E-state index contributed by atoms with van der Waals surface area (Å²) in [5, 5.41) is 12.2. The second-order valence-electron chi connectivity index (χ2n) is 5.30. The third kappa shape index (κ3) is 4.27. The molecular weight excluding hydrogens is 212 g/mol. The van der Waals surface area contributed by atoms with Crippen LogP contribution < -0.4 is 5.32 Å². The molecule has 0 bridgehead atoms. The van der Waals surface area contributed by atoms with Crippen LogP contribution in [0.5, 0.6) is 0 Å². The molecule has 0 radical (unpaired) electrons. The summed E-state index contributed by atoms with van der Waals surface area (Å²) in [7, 11) is 4.31. The molecule has 0 aromatic rings. The first-order valence-electron chi connectivity index (χ1n) is 6.60. The maximum Gasteiger partial charge on any atom is 0.0965 e. The highest BCUT2D eigenvalue weighted by Gasteiger charge is 2.30. The summed E-state index contributed by atoms with van der Waals surface area (Å²) in [6.45, 7) is 8.56. The number of likely N-dealkylation sites (N-methyl/N-ethyl adjacent to an activating group) is 1. The van der Waals surface area contributed by atoms with Gasteiger partial charge >= 0.3 is 0 Å². The molecule has 0 spiro atoms. The lowest BCUT2D eigenvalue weighted by Crippen LogP contribution is -2.35. The predicted octanol–water partition coefficient (Wildman–Crippen LogP) is 0.760. The number of nitrogens with zero attached hydrogens (tertiary/aromatic N) is 3. The first kappa shape index (κ1) is 14.4. The summed E-state index contributed by atoms with van der Waals surface area (Å²) in [6.07, 6.45) is 0.928. The van der Waals surface area contributed by atoms with Gasteiger partial charge in [0.25, 0.3) is 0 Å². The molecule has 0 saturated carbocycles. The summed E-state index contributed by atoms with van der Waals surface area (Å²) in [6, 6.07) is 2.99. The number of hydrogen-bond acceptors (Lipinski definition) is 4. The van der Waals surface area contributed by atoms with Crippen molar-refractivity contribution in [2.45, 2.75) is 32.4 Å². The van der Waals surface area contributed by atoms with Gasteiger partial charge in [-0.2, -0.15) is 5.26 Å². The molecule has 1 heterocycles. The third-order valence-corrected chi connectivity index (χ3v) is 3.65. The highest BCUT2D eigenvalue weighted by Crippen LogP contribution is 2.20. The molecule has 4 heteroatoms. The molecule has 3 unspecified atom stereocenters. The van der Waals surface area contributed by atoms with E-state index in [0.717, 1.165) is 38.5 Å². The predicted molar refractivity (Wildman–Crippen MR) is 70.8 cm³/mol. The van der Waals surface area contributed by atoms with Crippen LogP contribution in [0.1, 0.15) is 20.3 Å². The highest BCUT2D eigenvalue weighted by atomic mass is 15.2. The quantitative estimate of drug-likeness (QED) is 0.742. The molecule has 3 atom stereocenters. The molecule has 0 aliphatic carbocycles. The Hall–Kier alpha value is -0.630. The van der Waals surface area contributed by atoms with Gasteiger partial charge in [-0.3, -0.25) is 0 Å². The second-order valence-corrected chi connectivity index (χ2v) is 5.30. The van der Waals surface area contributed by atoms with E-state index in [0.29, 0.717) is 6.04 Å². The first-order valence-corrected chi connectivity index (χ1v) is 6.60. The topological polar surface area (TPSA) is 42.3 Å². The fourth-order valence-electron chi connectivity index (χ4n) is 2.67. The maximum absolute atomic E-state index is 8.98. The van der Waals surface area contributed by atoms with Crippen LogP contribution in [0.4, 0.5) is 0 Å². The summed E-state index contributed by atoms with van der Waals surface area (Å²) in [5.74, 6) is 0.727. The van der Waals surface area contributed by atoms with Gasteiger partial charge in [-0.05, 0) is 33.0 Å². The van der Waals surface area contributed by atoms with Crippen LogP contribution in [0.3, 0.4) is 0 Å².